The van der Waals surface area contributed by atoms with Crippen LogP contribution in [0.15, 0.2) is 24.3 Å². The highest BCUT2D eigenvalue weighted by Gasteiger charge is 2.03. The van der Waals surface area contributed by atoms with Gasteiger partial charge in [0.1, 0.15) is 0 Å². The number of benzene rings is 1. The van der Waals surface area contributed by atoms with Crippen molar-refractivity contribution in [1.82, 2.24) is 0 Å². The summed E-state index contributed by atoms with van der Waals surface area (Å²) in [6.45, 7) is 0. The lowest BCUT2D eigenvalue weighted by atomic mass is 10.1. The largest absolute Gasteiger partial charge is 0.481 e. The van der Waals surface area contributed by atoms with E-state index in [1.54, 1.807) is 30.0 Å². The van der Waals surface area contributed by atoms with E-state index in [0.717, 1.165) is 36.3 Å². The zero-order valence-electron chi connectivity index (χ0n) is 10.7. The summed E-state index contributed by atoms with van der Waals surface area (Å²) < 4.78 is 0. The van der Waals surface area contributed by atoms with Crippen molar-refractivity contribution < 1.29 is 19.8 Å². The second kappa shape index (κ2) is 8.58. The molecule has 1 aromatic carbocycles. The Hall–Kier alpha value is -1.49. The van der Waals surface area contributed by atoms with Crippen LogP contribution < -0.4 is 0 Å². The normalized spacial score (nSPS) is 10.3. The molecule has 0 bridgehead atoms. The van der Waals surface area contributed by atoms with Gasteiger partial charge in [0.25, 0.3) is 0 Å². The van der Waals surface area contributed by atoms with Crippen LogP contribution in [-0.2, 0) is 10.5 Å². The Balaban J connectivity index is 2.17. The summed E-state index contributed by atoms with van der Waals surface area (Å²) >= 11 is 1.75. The van der Waals surface area contributed by atoms with Gasteiger partial charge in [-0.05, 0) is 36.3 Å². The van der Waals surface area contributed by atoms with E-state index in [9.17, 15) is 9.59 Å². The number of thioether (sulfide) groups is 1. The second-order valence-corrected chi connectivity index (χ2v) is 5.37. The molecule has 0 aliphatic heterocycles. The number of aliphatic carboxylic acids is 1. The molecule has 19 heavy (non-hydrogen) atoms. The number of unbranched alkanes of at least 4 members (excludes halogenated alkanes) is 2. The lowest BCUT2D eigenvalue weighted by Gasteiger charge is -2.03. The molecular formula is C14H18O4S. The first-order valence-corrected chi connectivity index (χ1v) is 7.37. The van der Waals surface area contributed by atoms with Crippen LogP contribution >= 0.6 is 11.8 Å². The fraction of sp³-hybridized carbons (Fsp3) is 0.429. The first-order chi connectivity index (χ1) is 9.09. The van der Waals surface area contributed by atoms with Gasteiger partial charge in [-0.15, -0.1) is 0 Å². The molecule has 0 aromatic heterocycles. The molecule has 0 aliphatic carbocycles. The smallest absolute Gasteiger partial charge is 0.335 e. The second-order valence-electron chi connectivity index (χ2n) is 4.26. The van der Waals surface area contributed by atoms with Crippen LogP contribution in [0, 0.1) is 0 Å². The van der Waals surface area contributed by atoms with Crippen LogP contribution in [0.2, 0.25) is 0 Å². The van der Waals surface area contributed by atoms with E-state index in [2.05, 4.69) is 0 Å². The quantitative estimate of drug-likeness (QED) is 0.680. The number of aromatic carboxylic acids is 1. The Morgan fingerprint density at radius 1 is 1.11 bits per heavy atom. The number of rotatable bonds is 9. The van der Waals surface area contributed by atoms with Gasteiger partial charge in [0.05, 0.1) is 5.56 Å². The lowest BCUT2D eigenvalue weighted by molar-refractivity contribution is -0.137. The van der Waals surface area contributed by atoms with Gasteiger partial charge < -0.3 is 10.2 Å². The first kappa shape index (κ1) is 15.6. The molecule has 0 unspecified atom stereocenters. The maximum absolute atomic E-state index is 10.8. The average Bonchev–Trinajstić information content (AvgIpc) is 2.37. The Kier molecular flexibility index (Phi) is 7.03. The van der Waals surface area contributed by atoms with Crippen LogP contribution in [0.1, 0.15) is 41.6 Å². The standard InChI is InChI=1S/C14H18O4S/c15-13(16)7-2-1-3-8-19-10-11-5-4-6-12(9-11)14(17)18/h4-6,9H,1-3,7-8,10H2,(H,15,16)(H,17,18). The van der Waals surface area contributed by atoms with Gasteiger partial charge in [0, 0.05) is 12.2 Å². The Morgan fingerprint density at radius 2 is 1.89 bits per heavy atom. The van der Waals surface area contributed by atoms with Gasteiger partial charge in [-0.3, -0.25) is 4.79 Å². The van der Waals surface area contributed by atoms with Gasteiger partial charge in [0.15, 0.2) is 0 Å². The molecule has 1 aromatic rings. The van der Waals surface area contributed by atoms with Crippen LogP contribution in [0.4, 0.5) is 0 Å². The maximum Gasteiger partial charge on any atom is 0.335 e. The summed E-state index contributed by atoms with van der Waals surface area (Å²) in [5, 5.41) is 17.4. The molecule has 0 atom stereocenters. The summed E-state index contributed by atoms with van der Waals surface area (Å²) in [6.07, 6.45) is 2.89. The van der Waals surface area contributed by atoms with Crippen LogP contribution in [0.5, 0.6) is 0 Å². The lowest BCUT2D eigenvalue weighted by Crippen LogP contribution is -1.97. The third kappa shape index (κ3) is 6.86. The summed E-state index contributed by atoms with van der Waals surface area (Å²) in [4.78, 5) is 21.1. The monoisotopic (exact) mass is 282 g/mol. The average molecular weight is 282 g/mol. The van der Waals surface area contributed by atoms with Crippen molar-refractivity contribution in [2.24, 2.45) is 0 Å². The van der Waals surface area contributed by atoms with Gasteiger partial charge >= 0.3 is 11.9 Å². The predicted molar refractivity (Wildman–Crippen MR) is 75.7 cm³/mol. The fourth-order valence-corrected chi connectivity index (χ4v) is 2.61. The first-order valence-electron chi connectivity index (χ1n) is 6.21. The van der Waals surface area contributed by atoms with E-state index >= 15 is 0 Å². The topological polar surface area (TPSA) is 74.6 Å². The van der Waals surface area contributed by atoms with E-state index in [1.807, 2.05) is 6.07 Å². The molecule has 0 amide bonds. The van der Waals surface area contributed by atoms with Gasteiger partial charge in [-0.2, -0.15) is 11.8 Å². The molecule has 0 spiro atoms. The molecule has 0 saturated heterocycles. The third-order valence-electron chi connectivity index (χ3n) is 2.62. The summed E-state index contributed by atoms with van der Waals surface area (Å²) in [7, 11) is 0. The van der Waals surface area contributed by atoms with Crippen LogP contribution in [-0.4, -0.2) is 27.9 Å². The molecule has 0 aliphatic rings. The minimum atomic E-state index is -0.902. The number of carboxylic acid groups (broad SMARTS) is 2. The van der Waals surface area contributed by atoms with E-state index in [0.29, 0.717) is 5.56 Å². The summed E-state index contributed by atoms with van der Waals surface area (Å²) in [5.74, 6) is 0.121. The van der Waals surface area contributed by atoms with Crippen molar-refractivity contribution in [3.8, 4) is 0 Å². The van der Waals surface area contributed by atoms with Crippen molar-refractivity contribution in [3.05, 3.63) is 35.4 Å². The summed E-state index contributed by atoms with van der Waals surface area (Å²) in [5.41, 5.74) is 1.33. The predicted octanol–water partition coefficient (Wildman–Crippen LogP) is 3.26. The molecular weight excluding hydrogens is 264 g/mol. The molecule has 0 saturated carbocycles. The molecule has 2 N–H and O–H groups in total. The number of carbonyl (C=O) groups is 2. The maximum atomic E-state index is 10.8. The van der Waals surface area contributed by atoms with E-state index in [-0.39, 0.29) is 6.42 Å². The highest BCUT2D eigenvalue weighted by molar-refractivity contribution is 7.98. The zero-order valence-corrected chi connectivity index (χ0v) is 11.5. The molecule has 0 heterocycles. The van der Waals surface area contributed by atoms with Crippen LogP contribution in [0.3, 0.4) is 0 Å². The molecule has 1 rings (SSSR count). The minimum Gasteiger partial charge on any atom is -0.481 e. The highest BCUT2D eigenvalue weighted by Crippen LogP contribution is 2.16. The Labute approximate surface area is 116 Å². The van der Waals surface area contributed by atoms with Crippen molar-refractivity contribution >= 4 is 23.7 Å². The Bertz CT molecular complexity index is 431. The fourth-order valence-electron chi connectivity index (χ4n) is 1.64. The molecule has 0 radical (unpaired) electrons. The van der Waals surface area contributed by atoms with Gasteiger partial charge in [-0.1, -0.05) is 18.6 Å². The number of hydrogen-bond acceptors (Lipinski definition) is 3. The molecule has 5 heteroatoms. The van der Waals surface area contributed by atoms with E-state index in [4.69, 9.17) is 10.2 Å². The van der Waals surface area contributed by atoms with Gasteiger partial charge in [0.2, 0.25) is 0 Å². The third-order valence-corrected chi connectivity index (χ3v) is 3.74. The highest BCUT2D eigenvalue weighted by atomic mass is 32.2. The number of carboxylic acids is 2. The van der Waals surface area contributed by atoms with E-state index < -0.39 is 11.9 Å². The van der Waals surface area contributed by atoms with Crippen molar-refractivity contribution in [2.75, 3.05) is 5.75 Å². The number of hydrogen-bond donors (Lipinski definition) is 2. The molecule has 104 valence electrons. The SMILES string of the molecule is O=C(O)CCCCCSCc1cccc(C(=O)O)c1. The van der Waals surface area contributed by atoms with Crippen molar-refractivity contribution in [3.63, 3.8) is 0 Å². The van der Waals surface area contributed by atoms with Crippen molar-refractivity contribution in [2.45, 2.75) is 31.4 Å². The van der Waals surface area contributed by atoms with E-state index in [1.165, 1.54) is 0 Å². The molecule has 4 nitrogen and oxygen atoms in total. The van der Waals surface area contributed by atoms with Crippen LogP contribution in [0.25, 0.3) is 0 Å². The summed E-state index contributed by atoms with van der Waals surface area (Å²) in [6, 6.07) is 6.96. The minimum absolute atomic E-state index is 0.241. The van der Waals surface area contributed by atoms with Gasteiger partial charge in [-0.25, -0.2) is 4.79 Å². The zero-order chi connectivity index (χ0) is 14.1. The Morgan fingerprint density at radius 3 is 2.58 bits per heavy atom. The molecule has 0 fully saturated rings. The van der Waals surface area contributed by atoms with Crippen molar-refractivity contribution in [1.29, 1.82) is 0 Å².